The van der Waals surface area contributed by atoms with Gasteiger partial charge in [0, 0.05) is 65.2 Å². The number of pyridine rings is 3. The Morgan fingerprint density at radius 3 is 1.91 bits per heavy atom. The monoisotopic (exact) mass is 730 g/mol. The summed E-state index contributed by atoms with van der Waals surface area (Å²) in [4.78, 5) is 14.0. The zero-order valence-corrected chi connectivity index (χ0v) is 30.8. The van der Waals surface area contributed by atoms with E-state index in [1.165, 1.54) is 49.6 Å². The molecule has 1 unspecified atom stereocenters. The smallest absolute Gasteiger partial charge is 0.115 e. The summed E-state index contributed by atoms with van der Waals surface area (Å²) in [6.45, 7) is 0.811. The van der Waals surface area contributed by atoms with E-state index >= 15 is 0 Å². The maximum atomic E-state index is 4.67. The van der Waals surface area contributed by atoms with Gasteiger partial charge >= 0.3 is 0 Å². The lowest BCUT2D eigenvalue weighted by atomic mass is 9.67. The minimum atomic E-state index is -0.540. The van der Waals surface area contributed by atoms with Gasteiger partial charge in [-0.3, -0.25) is 15.0 Å². The van der Waals surface area contributed by atoms with Gasteiger partial charge in [-0.1, -0.05) is 97.1 Å². The van der Waals surface area contributed by atoms with Gasteiger partial charge in [0.1, 0.15) is 11.0 Å². The number of nitrogens with zero attached hydrogens (tertiary/aromatic N) is 5. The molecule has 5 aromatic carbocycles. The topological polar surface area (TPSA) is 60.6 Å². The molecule has 1 N–H and O–H groups in total. The molecular formula is C51H34N6. The van der Waals surface area contributed by atoms with Crippen LogP contribution in [0.3, 0.4) is 0 Å². The van der Waals surface area contributed by atoms with Crippen LogP contribution >= 0.6 is 0 Å². The SMILES string of the molecule is C1=CC(C2(c3cccnc3)c3ccccc3-c3c2ccc2c4ccccc4n(-c4ccc(-c5ccc(-n6c7cccnc7c7ncccc76)cc5)cc4)c32)=CNC1. The lowest BCUT2D eigenvalue weighted by Gasteiger charge is -2.35. The van der Waals surface area contributed by atoms with Crippen molar-refractivity contribution in [2.24, 2.45) is 0 Å². The van der Waals surface area contributed by atoms with Crippen LogP contribution in [0.1, 0.15) is 16.7 Å². The predicted octanol–water partition coefficient (Wildman–Crippen LogP) is 11.1. The zero-order valence-electron chi connectivity index (χ0n) is 30.8. The van der Waals surface area contributed by atoms with E-state index in [9.17, 15) is 0 Å². The fourth-order valence-corrected chi connectivity index (χ4v) is 9.69. The van der Waals surface area contributed by atoms with E-state index in [2.05, 4.69) is 181 Å². The largest absolute Gasteiger partial charge is 0.387 e. The Balaban J connectivity index is 1.03. The lowest BCUT2D eigenvalue weighted by Crippen LogP contribution is -2.31. The molecule has 0 radical (unpaired) electrons. The second-order valence-electron chi connectivity index (χ2n) is 14.9. The van der Waals surface area contributed by atoms with Crippen LogP contribution in [0.4, 0.5) is 0 Å². The number of allylic oxidation sites excluding steroid dienone is 2. The summed E-state index contributed by atoms with van der Waals surface area (Å²) in [6, 6.07) is 52.8. The molecule has 0 saturated heterocycles. The van der Waals surface area contributed by atoms with Gasteiger partial charge in [-0.15, -0.1) is 0 Å². The summed E-state index contributed by atoms with van der Waals surface area (Å²) in [5.74, 6) is 0. The fraction of sp³-hybridized carbons (Fsp3) is 0.0392. The molecule has 5 aromatic heterocycles. The average molecular weight is 731 g/mol. The highest BCUT2D eigenvalue weighted by molar-refractivity contribution is 6.16. The third-order valence-electron chi connectivity index (χ3n) is 12.0. The summed E-state index contributed by atoms with van der Waals surface area (Å²) in [5, 5.41) is 6.00. The Bertz CT molecular complexity index is 3230. The lowest BCUT2D eigenvalue weighted by molar-refractivity contribution is 0.740. The molecular weight excluding hydrogens is 697 g/mol. The molecule has 0 spiro atoms. The Morgan fingerprint density at radius 2 is 1.21 bits per heavy atom. The minimum absolute atomic E-state index is 0.540. The number of aromatic nitrogens is 5. The first-order chi connectivity index (χ1) is 28.3. The van der Waals surface area contributed by atoms with E-state index < -0.39 is 5.41 Å². The first-order valence-electron chi connectivity index (χ1n) is 19.4. The summed E-state index contributed by atoms with van der Waals surface area (Å²) < 4.78 is 4.72. The molecule has 0 bridgehead atoms. The number of dihydropyridines is 1. The molecule has 1 atom stereocenters. The molecule has 12 rings (SSSR count). The highest BCUT2D eigenvalue weighted by Gasteiger charge is 2.48. The van der Waals surface area contributed by atoms with Crippen molar-refractivity contribution in [2.45, 2.75) is 5.41 Å². The number of rotatable bonds is 5. The van der Waals surface area contributed by atoms with Gasteiger partial charge in [0.2, 0.25) is 0 Å². The predicted molar refractivity (Wildman–Crippen MR) is 231 cm³/mol. The number of hydrogen-bond acceptors (Lipinski definition) is 4. The highest BCUT2D eigenvalue weighted by atomic mass is 15.0. The molecule has 10 aromatic rings. The van der Waals surface area contributed by atoms with Crippen molar-refractivity contribution in [3.8, 4) is 33.6 Å². The van der Waals surface area contributed by atoms with Crippen molar-refractivity contribution in [1.29, 1.82) is 0 Å². The molecule has 0 saturated carbocycles. The molecule has 57 heavy (non-hydrogen) atoms. The van der Waals surface area contributed by atoms with Crippen LogP contribution in [0.2, 0.25) is 0 Å². The Morgan fingerprint density at radius 1 is 0.544 bits per heavy atom. The molecule has 0 amide bonds. The number of nitrogens with one attached hydrogen (secondary N) is 1. The van der Waals surface area contributed by atoms with Gasteiger partial charge in [0.25, 0.3) is 0 Å². The van der Waals surface area contributed by atoms with Crippen molar-refractivity contribution in [3.05, 3.63) is 211 Å². The van der Waals surface area contributed by atoms with Crippen molar-refractivity contribution in [2.75, 3.05) is 6.54 Å². The number of benzene rings is 5. The van der Waals surface area contributed by atoms with E-state index in [4.69, 9.17) is 0 Å². The molecule has 1 aliphatic heterocycles. The van der Waals surface area contributed by atoms with E-state index in [1.807, 2.05) is 36.9 Å². The number of para-hydroxylation sites is 1. The van der Waals surface area contributed by atoms with Crippen molar-refractivity contribution in [1.82, 2.24) is 29.4 Å². The van der Waals surface area contributed by atoms with Crippen molar-refractivity contribution >= 4 is 43.9 Å². The van der Waals surface area contributed by atoms with Gasteiger partial charge in [-0.25, -0.2) is 0 Å². The highest BCUT2D eigenvalue weighted by Crippen LogP contribution is 2.59. The molecule has 6 heteroatoms. The third kappa shape index (κ3) is 4.43. The summed E-state index contributed by atoms with van der Waals surface area (Å²) in [7, 11) is 0. The average Bonchev–Trinajstić information content (AvgIpc) is 3.92. The molecule has 0 fully saturated rings. The van der Waals surface area contributed by atoms with Crippen LogP contribution < -0.4 is 5.32 Å². The van der Waals surface area contributed by atoms with Crippen molar-refractivity contribution in [3.63, 3.8) is 0 Å². The first-order valence-corrected chi connectivity index (χ1v) is 19.4. The summed E-state index contributed by atoms with van der Waals surface area (Å²) >= 11 is 0. The van der Waals surface area contributed by atoms with Crippen LogP contribution in [-0.4, -0.2) is 30.6 Å². The summed E-state index contributed by atoms with van der Waals surface area (Å²) in [5.41, 5.74) is 17.7. The standard InChI is InChI=1S/C51H34N6/c1-3-13-42-41(12-1)47-43(51(42,35-9-5-27-52-31-35)36-10-6-28-53-32-36)26-25-40-39-11-2-4-14-44(39)57(50(40)47)38-23-19-34(20-24-38)33-17-21-37(22-18-33)56-45-15-7-29-54-48(45)49-46(56)16-8-30-55-49/h1-27,29-32,53H,28H2. The van der Waals surface area contributed by atoms with Crippen molar-refractivity contribution < 1.29 is 0 Å². The molecule has 268 valence electrons. The zero-order chi connectivity index (χ0) is 37.5. The van der Waals surface area contributed by atoms with Crippen LogP contribution in [0.15, 0.2) is 194 Å². The Hall–Kier alpha value is -7.57. The van der Waals surface area contributed by atoms with Gasteiger partial charge in [-0.2, -0.15) is 0 Å². The second-order valence-corrected chi connectivity index (χ2v) is 14.9. The quantitative estimate of drug-likeness (QED) is 0.192. The first kappa shape index (κ1) is 31.7. The third-order valence-corrected chi connectivity index (χ3v) is 12.0. The maximum Gasteiger partial charge on any atom is 0.115 e. The number of fused-ring (bicyclic) bond motifs is 10. The van der Waals surface area contributed by atoms with Crippen LogP contribution in [-0.2, 0) is 5.41 Å². The Kier molecular flexibility index (Phi) is 6.81. The van der Waals surface area contributed by atoms with Gasteiger partial charge in [-0.05, 0) is 99.6 Å². The summed E-state index contributed by atoms with van der Waals surface area (Å²) in [6.07, 6.45) is 14.3. The van der Waals surface area contributed by atoms with E-state index in [0.717, 1.165) is 56.7 Å². The van der Waals surface area contributed by atoms with E-state index in [0.29, 0.717) is 0 Å². The van der Waals surface area contributed by atoms with Crippen LogP contribution in [0, 0.1) is 0 Å². The second kappa shape index (κ2) is 12.2. The molecule has 6 heterocycles. The normalized spacial score (nSPS) is 15.9. The molecule has 6 nitrogen and oxygen atoms in total. The van der Waals surface area contributed by atoms with Crippen LogP contribution in [0.5, 0.6) is 0 Å². The molecule has 1 aliphatic carbocycles. The Labute approximate surface area is 328 Å². The van der Waals surface area contributed by atoms with Crippen LogP contribution in [0.25, 0.3) is 77.5 Å². The van der Waals surface area contributed by atoms with Gasteiger partial charge in [0.15, 0.2) is 0 Å². The number of hydrogen-bond donors (Lipinski definition) is 1. The minimum Gasteiger partial charge on any atom is -0.387 e. The van der Waals surface area contributed by atoms with E-state index in [-0.39, 0.29) is 0 Å². The van der Waals surface area contributed by atoms with Gasteiger partial charge in [0.05, 0.1) is 27.5 Å². The van der Waals surface area contributed by atoms with Gasteiger partial charge < -0.3 is 14.5 Å². The maximum absolute atomic E-state index is 4.67. The van der Waals surface area contributed by atoms with E-state index in [1.54, 1.807) is 0 Å². The molecule has 2 aliphatic rings. The fourth-order valence-electron chi connectivity index (χ4n) is 9.69.